The highest BCUT2D eigenvalue weighted by molar-refractivity contribution is 7.99. The topological polar surface area (TPSA) is 37.8 Å². The van der Waals surface area contributed by atoms with Gasteiger partial charge in [0.15, 0.2) is 0 Å². The molecule has 0 spiro atoms. The maximum Gasteiger partial charge on any atom is 0.116 e. The minimum absolute atomic E-state index is 0.202. The van der Waals surface area contributed by atoms with Crippen molar-refractivity contribution in [2.24, 2.45) is 5.92 Å². The van der Waals surface area contributed by atoms with Crippen LogP contribution in [-0.2, 0) is 0 Å². The normalized spacial score (nSPS) is 13.8. The van der Waals surface area contributed by atoms with Gasteiger partial charge in [-0.1, -0.05) is 6.92 Å². The highest BCUT2D eigenvalue weighted by atomic mass is 32.2. The van der Waals surface area contributed by atoms with Gasteiger partial charge in [0.25, 0.3) is 0 Å². The van der Waals surface area contributed by atoms with Crippen LogP contribution in [0.4, 0.5) is 0 Å². The largest absolute Gasteiger partial charge is 0.312 e. The molecule has 0 fully saturated rings. The van der Waals surface area contributed by atoms with Gasteiger partial charge >= 0.3 is 0 Å². The summed E-state index contributed by atoms with van der Waals surface area (Å²) in [5.41, 5.74) is 0.202. The molecule has 1 unspecified atom stereocenters. The smallest absolute Gasteiger partial charge is 0.116 e. The molecule has 0 radical (unpaired) electrons. The van der Waals surface area contributed by atoms with Crippen LogP contribution in [0.2, 0.25) is 0 Å². The molecule has 4 heteroatoms. The first kappa shape index (κ1) is 13.5. The summed E-state index contributed by atoms with van der Waals surface area (Å²) in [5.74, 6) is 1.72. The van der Waals surface area contributed by atoms with Crippen molar-refractivity contribution in [3.63, 3.8) is 0 Å². The number of thioether (sulfide) groups is 1. The van der Waals surface area contributed by atoms with Crippen LogP contribution in [0, 0.1) is 5.92 Å². The van der Waals surface area contributed by atoms with Crippen molar-refractivity contribution in [1.82, 2.24) is 15.3 Å². The van der Waals surface area contributed by atoms with Crippen molar-refractivity contribution >= 4 is 11.8 Å². The van der Waals surface area contributed by atoms with E-state index in [9.17, 15) is 0 Å². The van der Waals surface area contributed by atoms with Gasteiger partial charge in [0.1, 0.15) is 6.33 Å². The first-order chi connectivity index (χ1) is 7.47. The molecule has 0 aromatic carbocycles. The summed E-state index contributed by atoms with van der Waals surface area (Å²) in [4.78, 5) is 8.10. The Labute approximate surface area is 102 Å². The summed E-state index contributed by atoms with van der Waals surface area (Å²) in [6.45, 7) is 9.88. The van der Waals surface area contributed by atoms with Crippen LogP contribution in [0.3, 0.4) is 0 Å². The highest BCUT2D eigenvalue weighted by Crippen LogP contribution is 2.17. The average Bonchev–Trinajstić information content (AvgIpc) is 2.24. The van der Waals surface area contributed by atoms with Crippen LogP contribution in [0.1, 0.15) is 27.7 Å². The molecule has 0 amide bonds. The molecule has 16 heavy (non-hydrogen) atoms. The Kier molecular flexibility index (Phi) is 5.22. The lowest BCUT2D eigenvalue weighted by molar-refractivity contribution is 0.395. The van der Waals surface area contributed by atoms with E-state index in [1.165, 1.54) is 0 Å². The van der Waals surface area contributed by atoms with E-state index in [0.29, 0.717) is 5.92 Å². The fourth-order valence-electron chi connectivity index (χ4n) is 1.13. The zero-order valence-corrected chi connectivity index (χ0v) is 11.3. The summed E-state index contributed by atoms with van der Waals surface area (Å²) >= 11 is 1.79. The van der Waals surface area contributed by atoms with Gasteiger partial charge < -0.3 is 5.32 Å². The van der Waals surface area contributed by atoms with Gasteiger partial charge in [-0.25, -0.2) is 9.97 Å². The Bertz CT molecular complexity index is 295. The van der Waals surface area contributed by atoms with Gasteiger partial charge in [0.2, 0.25) is 0 Å². The van der Waals surface area contributed by atoms with Gasteiger partial charge in [-0.05, 0) is 39.3 Å². The van der Waals surface area contributed by atoms with Gasteiger partial charge in [0.05, 0.1) is 5.03 Å². The Morgan fingerprint density at radius 2 is 2.19 bits per heavy atom. The molecule has 0 saturated carbocycles. The van der Waals surface area contributed by atoms with E-state index in [4.69, 9.17) is 0 Å². The molecular weight excluding hydrogens is 218 g/mol. The van der Waals surface area contributed by atoms with Gasteiger partial charge in [-0.3, -0.25) is 0 Å². The molecule has 0 aliphatic heterocycles. The number of hydrogen-bond acceptors (Lipinski definition) is 4. The monoisotopic (exact) mass is 239 g/mol. The number of rotatable bonds is 5. The third kappa shape index (κ3) is 6.08. The third-order valence-electron chi connectivity index (χ3n) is 2.05. The van der Waals surface area contributed by atoms with E-state index in [-0.39, 0.29) is 5.54 Å². The van der Waals surface area contributed by atoms with Crippen molar-refractivity contribution < 1.29 is 0 Å². The minimum atomic E-state index is 0.202. The molecule has 1 rings (SSSR count). The van der Waals surface area contributed by atoms with E-state index in [1.807, 2.05) is 6.07 Å². The highest BCUT2D eigenvalue weighted by Gasteiger charge is 2.11. The Morgan fingerprint density at radius 3 is 2.75 bits per heavy atom. The van der Waals surface area contributed by atoms with E-state index < -0.39 is 0 Å². The maximum absolute atomic E-state index is 4.19. The molecule has 3 nitrogen and oxygen atoms in total. The van der Waals surface area contributed by atoms with E-state index >= 15 is 0 Å². The predicted octanol–water partition coefficient (Wildman–Crippen LogP) is 2.59. The number of aromatic nitrogens is 2. The molecule has 1 heterocycles. The second-order valence-electron chi connectivity index (χ2n) is 5.09. The van der Waals surface area contributed by atoms with Crippen LogP contribution in [-0.4, -0.2) is 27.8 Å². The molecule has 1 N–H and O–H groups in total. The fraction of sp³-hybridized carbons (Fsp3) is 0.667. The number of nitrogens with zero attached hydrogens (tertiary/aromatic N) is 2. The molecule has 0 aliphatic carbocycles. The fourth-order valence-corrected chi connectivity index (χ4v) is 1.98. The maximum atomic E-state index is 4.19. The van der Waals surface area contributed by atoms with Gasteiger partial charge in [0, 0.05) is 17.5 Å². The molecule has 1 aromatic heterocycles. The lowest BCUT2D eigenvalue weighted by Gasteiger charge is -2.23. The predicted molar refractivity (Wildman–Crippen MR) is 69.7 cm³/mol. The molecule has 1 atom stereocenters. The van der Waals surface area contributed by atoms with Crippen molar-refractivity contribution in [3.05, 3.63) is 18.6 Å². The Balaban J connectivity index is 2.23. The molecule has 0 bridgehead atoms. The van der Waals surface area contributed by atoms with Crippen LogP contribution in [0.5, 0.6) is 0 Å². The van der Waals surface area contributed by atoms with Crippen LogP contribution >= 0.6 is 11.8 Å². The Hall–Kier alpha value is -0.610. The van der Waals surface area contributed by atoms with E-state index in [1.54, 1.807) is 24.3 Å². The summed E-state index contributed by atoms with van der Waals surface area (Å²) in [5, 5.41) is 4.57. The van der Waals surface area contributed by atoms with E-state index in [0.717, 1.165) is 17.3 Å². The van der Waals surface area contributed by atoms with Crippen molar-refractivity contribution in [3.8, 4) is 0 Å². The average molecular weight is 239 g/mol. The molecule has 0 saturated heterocycles. The molecule has 0 aliphatic rings. The molecule has 1 aromatic rings. The quantitative estimate of drug-likeness (QED) is 0.633. The van der Waals surface area contributed by atoms with Crippen molar-refractivity contribution in [1.29, 1.82) is 0 Å². The Morgan fingerprint density at radius 1 is 1.44 bits per heavy atom. The summed E-state index contributed by atoms with van der Waals surface area (Å²) in [7, 11) is 0. The zero-order valence-electron chi connectivity index (χ0n) is 10.5. The first-order valence-corrected chi connectivity index (χ1v) is 6.60. The van der Waals surface area contributed by atoms with E-state index in [2.05, 4.69) is 43.0 Å². The second kappa shape index (κ2) is 6.21. The van der Waals surface area contributed by atoms with Crippen molar-refractivity contribution in [2.45, 2.75) is 38.3 Å². The number of hydrogen-bond donors (Lipinski definition) is 1. The summed E-state index contributed by atoms with van der Waals surface area (Å²) in [6.07, 6.45) is 3.38. The third-order valence-corrected chi connectivity index (χ3v) is 3.32. The second-order valence-corrected chi connectivity index (χ2v) is 6.13. The minimum Gasteiger partial charge on any atom is -0.312 e. The standard InChI is InChI=1S/C12H21N3S/c1-10(7-15-12(2,3)4)8-16-11-5-6-13-9-14-11/h5-6,9-10,15H,7-8H2,1-4H3. The van der Waals surface area contributed by atoms with Gasteiger partial charge in [-0.2, -0.15) is 0 Å². The SMILES string of the molecule is CC(CNC(C)(C)C)CSc1ccncn1. The van der Waals surface area contributed by atoms with Crippen LogP contribution < -0.4 is 5.32 Å². The van der Waals surface area contributed by atoms with Crippen LogP contribution in [0.15, 0.2) is 23.6 Å². The lowest BCUT2D eigenvalue weighted by Crippen LogP contribution is -2.39. The van der Waals surface area contributed by atoms with Crippen LogP contribution in [0.25, 0.3) is 0 Å². The van der Waals surface area contributed by atoms with Gasteiger partial charge in [-0.15, -0.1) is 11.8 Å². The number of nitrogens with one attached hydrogen (secondary N) is 1. The molecule has 90 valence electrons. The lowest BCUT2D eigenvalue weighted by atomic mass is 10.1. The first-order valence-electron chi connectivity index (χ1n) is 5.61. The summed E-state index contributed by atoms with van der Waals surface area (Å²) < 4.78 is 0. The summed E-state index contributed by atoms with van der Waals surface area (Å²) in [6, 6.07) is 1.95. The molecular formula is C12H21N3S. The van der Waals surface area contributed by atoms with Crippen molar-refractivity contribution in [2.75, 3.05) is 12.3 Å². The zero-order chi connectivity index (χ0) is 12.0.